The highest BCUT2D eigenvalue weighted by Gasteiger charge is 2.14. The fraction of sp³-hybridized carbons (Fsp3) is 0.562. The van der Waals surface area contributed by atoms with Gasteiger partial charge in [0.25, 0.3) is 0 Å². The van der Waals surface area contributed by atoms with Crippen LogP contribution in [0.3, 0.4) is 0 Å². The number of hydrogen-bond donors (Lipinski definition) is 2. The molecule has 0 fully saturated rings. The summed E-state index contributed by atoms with van der Waals surface area (Å²) in [5, 5.41) is 8.57. The third-order valence-corrected chi connectivity index (χ3v) is 3.36. The van der Waals surface area contributed by atoms with Crippen molar-refractivity contribution in [3.63, 3.8) is 0 Å². The van der Waals surface area contributed by atoms with Crippen molar-refractivity contribution >= 4 is 5.97 Å². The molecule has 1 atom stereocenters. The predicted octanol–water partition coefficient (Wildman–Crippen LogP) is 3.63. The number of rotatable bonds is 6. The van der Waals surface area contributed by atoms with Gasteiger partial charge < -0.3 is 10.8 Å². The van der Waals surface area contributed by atoms with E-state index in [1.165, 1.54) is 5.56 Å². The Bertz CT molecular complexity index is 404. The minimum atomic E-state index is -0.733. The number of aliphatic carboxylic acids is 1. The van der Waals surface area contributed by atoms with Crippen LogP contribution < -0.4 is 5.73 Å². The molecule has 0 aliphatic carbocycles. The van der Waals surface area contributed by atoms with Crippen LogP contribution in [0.5, 0.6) is 0 Å². The van der Waals surface area contributed by atoms with Crippen molar-refractivity contribution in [1.82, 2.24) is 0 Å². The van der Waals surface area contributed by atoms with Crippen molar-refractivity contribution < 1.29 is 9.90 Å². The Morgan fingerprint density at radius 3 is 2.26 bits per heavy atom. The number of unbranched alkanes of at least 4 members (excludes halogenated alkanes) is 1. The van der Waals surface area contributed by atoms with Crippen LogP contribution in [0.2, 0.25) is 0 Å². The minimum Gasteiger partial charge on any atom is -0.481 e. The Morgan fingerprint density at radius 1 is 1.21 bits per heavy atom. The molecule has 1 unspecified atom stereocenters. The van der Waals surface area contributed by atoms with E-state index in [0.29, 0.717) is 6.42 Å². The second-order valence-corrected chi connectivity index (χ2v) is 6.12. The lowest BCUT2D eigenvalue weighted by Crippen LogP contribution is -2.13. The molecule has 0 aliphatic heterocycles. The monoisotopic (exact) mass is 263 g/mol. The van der Waals surface area contributed by atoms with Crippen LogP contribution in [0.15, 0.2) is 24.3 Å². The molecular formula is C16H25NO2. The van der Waals surface area contributed by atoms with E-state index in [9.17, 15) is 4.79 Å². The molecule has 3 N–H and O–H groups in total. The smallest absolute Gasteiger partial charge is 0.303 e. The summed E-state index contributed by atoms with van der Waals surface area (Å²) < 4.78 is 0. The average Bonchev–Trinajstić information content (AvgIpc) is 2.33. The summed E-state index contributed by atoms with van der Waals surface area (Å²) in [4.78, 5) is 10.4. The van der Waals surface area contributed by atoms with E-state index in [-0.39, 0.29) is 17.9 Å². The van der Waals surface area contributed by atoms with Gasteiger partial charge in [-0.15, -0.1) is 0 Å². The third-order valence-electron chi connectivity index (χ3n) is 3.36. The van der Waals surface area contributed by atoms with Crippen molar-refractivity contribution in [2.75, 3.05) is 0 Å². The Morgan fingerprint density at radius 2 is 1.79 bits per heavy atom. The van der Waals surface area contributed by atoms with Crippen LogP contribution in [0.4, 0.5) is 0 Å². The zero-order chi connectivity index (χ0) is 14.5. The van der Waals surface area contributed by atoms with Gasteiger partial charge in [0.1, 0.15) is 0 Å². The number of carbonyl (C=O) groups is 1. The van der Waals surface area contributed by atoms with Gasteiger partial charge in [-0.05, 0) is 29.4 Å². The van der Waals surface area contributed by atoms with E-state index in [4.69, 9.17) is 10.8 Å². The minimum absolute atomic E-state index is 0.00260. The predicted molar refractivity (Wildman–Crippen MR) is 78.2 cm³/mol. The first-order valence-corrected chi connectivity index (χ1v) is 6.88. The van der Waals surface area contributed by atoms with E-state index >= 15 is 0 Å². The first-order chi connectivity index (χ1) is 8.80. The van der Waals surface area contributed by atoms with Gasteiger partial charge >= 0.3 is 5.97 Å². The molecule has 0 saturated carbocycles. The van der Waals surface area contributed by atoms with Gasteiger partial charge in [0.05, 0.1) is 0 Å². The maximum absolute atomic E-state index is 10.4. The topological polar surface area (TPSA) is 63.3 Å². The number of carboxylic acid groups (broad SMARTS) is 1. The van der Waals surface area contributed by atoms with Gasteiger partial charge in [-0.25, -0.2) is 0 Å². The van der Waals surface area contributed by atoms with E-state index in [1.54, 1.807) is 0 Å². The van der Waals surface area contributed by atoms with Crippen LogP contribution in [0.1, 0.15) is 63.6 Å². The Balaban J connectivity index is 2.49. The lowest BCUT2D eigenvalue weighted by molar-refractivity contribution is -0.137. The summed E-state index contributed by atoms with van der Waals surface area (Å²) in [6, 6.07) is 8.44. The van der Waals surface area contributed by atoms with Crippen molar-refractivity contribution in [1.29, 1.82) is 0 Å². The second-order valence-electron chi connectivity index (χ2n) is 6.12. The standard InChI is InChI=1S/C16H25NO2/c1-16(2,3)13-10-8-12(9-11-13)14(17)6-4-5-7-15(18)19/h8-11,14H,4-7,17H2,1-3H3,(H,18,19). The average molecular weight is 263 g/mol. The molecule has 106 valence electrons. The molecule has 1 aromatic carbocycles. The van der Waals surface area contributed by atoms with E-state index in [2.05, 4.69) is 45.0 Å². The van der Waals surface area contributed by atoms with Crippen molar-refractivity contribution in [2.45, 2.75) is 57.9 Å². The molecular weight excluding hydrogens is 238 g/mol. The largest absolute Gasteiger partial charge is 0.481 e. The van der Waals surface area contributed by atoms with Gasteiger partial charge in [0, 0.05) is 12.5 Å². The molecule has 0 heterocycles. The second kappa shape index (κ2) is 6.71. The summed E-state index contributed by atoms with van der Waals surface area (Å²) in [5.74, 6) is -0.733. The van der Waals surface area contributed by atoms with Gasteiger partial charge in [-0.1, -0.05) is 51.5 Å². The Kier molecular flexibility index (Phi) is 5.55. The molecule has 3 heteroatoms. The Hall–Kier alpha value is -1.35. The van der Waals surface area contributed by atoms with Gasteiger partial charge in [-0.2, -0.15) is 0 Å². The van der Waals surface area contributed by atoms with E-state index in [1.807, 2.05) is 0 Å². The van der Waals surface area contributed by atoms with Crippen LogP contribution in [0, 0.1) is 0 Å². The lowest BCUT2D eigenvalue weighted by atomic mass is 9.86. The summed E-state index contributed by atoms with van der Waals surface area (Å²) in [7, 11) is 0. The van der Waals surface area contributed by atoms with Crippen molar-refractivity contribution in [3.05, 3.63) is 35.4 Å². The lowest BCUT2D eigenvalue weighted by Gasteiger charge is -2.20. The molecule has 0 aliphatic rings. The van der Waals surface area contributed by atoms with Crippen LogP contribution >= 0.6 is 0 Å². The molecule has 1 rings (SSSR count). The molecule has 0 radical (unpaired) electrons. The van der Waals surface area contributed by atoms with E-state index < -0.39 is 5.97 Å². The quantitative estimate of drug-likeness (QED) is 0.770. The number of carboxylic acids is 1. The zero-order valence-corrected chi connectivity index (χ0v) is 12.1. The third kappa shape index (κ3) is 5.43. The molecule has 19 heavy (non-hydrogen) atoms. The van der Waals surface area contributed by atoms with Gasteiger partial charge in [0.15, 0.2) is 0 Å². The maximum Gasteiger partial charge on any atom is 0.303 e. The van der Waals surface area contributed by atoms with Crippen LogP contribution in [-0.4, -0.2) is 11.1 Å². The summed E-state index contributed by atoms with van der Waals surface area (Å²) in [6.45, 7) is 6.56. The normalized spacial score (nSPS) is 13.3. The summed E-state index contributed by atoms with van der Waals surface area (Å²) in [5.41, 5.74) is 8.71. The summed E-state index contributed by atoms with van der Waals surface area (Å²) in [6.07, 6.45) is 2.62. The Labute approximate surface area is 115 Å². The SMILES string of the molecule is CC(C)(C)c1ccc(C(N)CCCCC(=O)O)cc1. The maximum atomic E-state index is 10.4. The van der Waals surface area contributed by atoms with Gasteiger partial charge in [0.2, 0.25) is 0 Å². The fourth-order valence-corrected chi connectivity index (χ4v) is 2.04. The van der Waals surface area contributed by atoms with Crippen LogP contribution in [-0.2, 0) is 10.2 Å². The number of benzene rings is 1. The van der Waals surface area contributed by atoms with E-state index in [0.717, 1.165) is 18.4 Å². The molecule has 1 aromatic rings. The molecule has 3 nitrogen and oxygen atoms in total. The molecule has 0 saturated heterocycles. The molecule has 0 amide bonds. The first-order valence-electron chi connectivity index (χ1n) is 6.88. The molecule has 0 bridgehead atoms. The highest BCUT2D eigenvalue weighted by Crippen LogP contribution is 2.24. The fourth-order valence-electron chi connectivity index (χ4n) is 2.04. The van der Waals surface area contributed by atoms with Crippen molar-refractivity contribution in [2.24, 2.45) is 5.73 Å². The molecule has 0 aromatic heterocycles. The van der Waals surface area contributed by atoms with Crippen molar-refractivity contribution in [3.8, 4) is 0 Å². The van der Waals surface area contributed by atoms with Gasteiger partial charge in [-0.3, -0.25) is 4.79 Å². The highest BCUT2D eigenvalue weighted by molar-refractivity contribution is 5.66. The highest BCUT2D eigenvalue weighted by atomic mass is 16.4. The number of nitrogens with two attached hydrogens (primary N) is 1. The summed E-state index contributed by atoms with van der Waals surface area (Å²) >= 11 is 0. The van der Waals surface area contributed by atoms with Crippen LogP contribution in [0.25, 0.3) is 0 Å². The molecule has 0 spiro atoms. The number of hydrogen-bond acceptors (Lipinski definition) is 2. The zero-order valence-electron chi connectivity index (χ0n) is 12.1. The first kappa shape index (κ1) is 15.7.